The Labute approximate surface area is 196 Å². The minimum Gasteiger partial charge on any atom is -0.458 e. The van der Waals surface area contributed by atoms with Crippen LogP contribution in [0, 0.1) is 17.5 Å². The Bertz CT molecular complexity index is 1130. The van der Waals surface area contributed by atoms with Gasteiger partial charge in [0.15, 0.2) is 17.3 Å². The Hall–Kier alpha value is -3.09. The number of amides is 1. The van der Waals surface area contributed by atoms with Crippen LogP contribution in [0.4, 0.5) is 26.3 Å². The number of halogens is 6. The van der Waals surface area contributed by atoms with Crippen molar-refractivity contribution in [3.05, 3.63) is 52.4 Å². The molecule has 35 heavy (non-hydrogen) atoms. The number of benzene rings is 1. The van der Waals surface area contributed by atoms with Gasteiger partial charge in [0.1, 0.15) is 5.82 Å². The van der Waals surface area contributed by atoms with E-state index in [0.717, 1.165) is 4.57 Å². The van der Waals surface area contributed by atoms with Crippen LogP contribution in [0.3, 0.4) is 0 Å². The minimum atomic E-state index is -4.84. The van der Waals surface area contributed by atoms with Gasteiger partial charge in [-0.3, -0.25) is 4.79 Å². The molecule has 0 bridgehead atoms. The summed E-state index contributed by atoms with van der Waals surface area (Å²) in [6.07, 6.45) is -6.08. The summed E-state index contributed by atoms with van der Waals surface area (Å²) in [5.41, 5.74) is 5.05. The van der Waals surface area contributed by atoms with E-state index >= 15 is 0 Å². The number of rotatable bonds is 6. The molecule has 0 fully saturated rings. The molecule has 1 aromatic heterocycles. The molecule has 1 amide bonds. The Kier molecular flexibility index (Phi) is 7.48. The van der Waals surface area contributed by atoms with Gasteiger partial charge in [0.05, 0.1) is 17.8 Å². The fourth-order valence-electron chi connectivity index (χ4n) is 4.06. The molecular weight excluding hydrogens is 482 g/mol. The minimum absolute atomic E-state index is 0.122. The van der Waals surface area contributed by atoms with Crippen molar-refractivity contribution < 1.29 is 40.7 Å². The highest BCUT2D eigenvalue weighted by Gasteiger charge is 2.44. The molecule has 3 rings (SSSR count). The molecule has 1 aliphatic rings. The van der Waals surface area contributed by atoms with Gasteiger partial charge in [0.2, 0.25) is 11.7 Å². The molecule has 2 aromatic rings. The molecule has 0 radical (unpaired) electrons. The topological polar surface area (TPSA) is 90.5 Å². The molecule has 1 aliphatic heterocycles. The van der Waals surface area contributed by atoms with Crippen LogP contribution >= 0.6 is 0 Å². The van der Waals surface area contributed by atoms with Gasteiger partial charge in [-0.15, -0.1) is 0 Å². The summed E-state index contributed by atoms with van der Waals surface area (Å²) in [7, 11) is 0. The number of hydrogen-bond acceptors (Lipinski definition) is 5. The predicted octanol–water partition coefficient (Wildman–Crippen LogP) is 3.75. The van der Waals surface area contributed by atoms with E-state index in [-0.39, 0.29) is 37.2 Å². The molecule has 2 heterocycles. The highest BCUT2D eigenvalue weighted by atomic mass is 19.4. The van der Waals surface area contributed by atoms with Crippen molar-refractivity contribution in [1.82, 2.24) is 14.5 Å². The largest absolute Gasteiger partial charge is 0.458 e. The van der Waals surface area contributed by atoms with Crippen molar-refractivity contribution in [2.24, 2.45) is 5.73 Å². The number of nitrogens with zero attached hydrogens (tertiary/aromatic N) is 3. The highest BCUT2D eigenvalue weighted by Crippen LogP contribution is 2.37. The maximum atomic E-state index is 13.9. The number of hydrogen-bond donors (Lipinski definition) is 1. The summed E-state index contributed by atoms with van der Waals surface area (Å²) in [4.78, 5) is 30.1. The van der Waals surface area contributed by atoms with Crippen molar-refractivity contribution in [1.29, 1.82) is 0 Å². The number of imidazole rings is 1. The summed E-state index contributed by atoms with van der Waals surface area (Å²) < 4.78 is 87.0. The van der Waals surface area contributed by atoms with Crippen molar-refractivity contribution in [3.8, 4) is 0 Å². The maximum absolute atomic E-state index is 13.9. The zero-order chi connectivity index (χ0) is 26.2. The Morgan fingerprint density at radius 1 is 1.14 bits per heavy atom. The third-order valence-electron chi connectivity index (χ3n) is 5.55. The van der Waals surface area contributed by atoms with Crippen LogP contribution in [0.25, 0.3) is 0 Å². The van der Waals surface area contributed by atoms with Crippen LogP contribution in [0.15, 0.2) is 12.1 Å². The van der Waals surface area contributed by atoms with Crippen molar-refractivity contribution in [3.63, 3.8) is 0 Å². The number of nitrogens with two attached hydrogens (primary N) is 1. The lowest BCUT2D eigenvalue weighted by molar-refractivity contribution is -0.148. The van der Waals surface area contributed by atoms with Crippen LogP contribution < -0.4 is 5.73 Å². The van der Waals surface area contributed by atoms with E-state index in [9.17, 15) is 35.9 Å². The van der Waals surface area contributed by atoms with Crippen molar-refractivity contribution in [2.45, 2.75) is 64.5 Å². The SMILES string of the molecule is CC(C)OC(=O)c1nc(C(F)(F)F)n2c1C(C)N(C(=O)C[C@H](N)Cc1cc(F)c(F)cc1F)CC2. The van der Waals surface area contributed by atoms with Gasteiger partial charge in [-0.1, -0.05) is 0 Å². The second-order valence-corrected chi connectivity index (χ2v) is 8.56. The smallest absolute Gasteiger partial charge is 0.449 e. The van der Waals surface area contributed by atoms with Gasteiger partial charge in [-0.25, -0.2) is 22.9 Å². The number of ether oxygens (including phenoxy) is 1. The number of esters is 1. The molecule has 0 saturated heterocycles. The Balaban J connectivity index is 1.83. The highest BCUT2D eigenvalue weighted by molar-refractivity contribution is 5.89. The molecule has 1 unspecified atom stereocenters. The lowest BCUT2D eigenvalue weighted by Gasteiger charge is -2.36. The van der Waals surface area contributed by atoms with Gasteiger partial charge in [-0.2, -0.15) is 13.2 Å². The molecule has 2 atom stereocenters. The summed E-state index contributed by atoms with van der Waals surface area (Å²) in [6.45, 7) is 4.09. The van der Waals surface area contributed by atoms with E-state index in [1.165, 1.54) is 25.7 Å². The zero-order valence-electron chi connectivity index (χ0n) is 19.1. The summed E-state index contributed by atoms with van der Waals surface area (Å²) in [6, 6.07) is -0.940. The number of fused-ring (bicyclic) bond motifs is 1. The van der Waals surface area contributed by atoms with Gasteiger partial charge in [-0.05, 0) is 38.8 Å². The van der Waals surface area contributed by atoms with Crippen LogP contribution in [0.2, 0.25) is 0 Å². The fraction of sp³-hybridized carbons (Fsp3) is 0.500. The van der Waals surface area contributed by atoms with E-state index in [4.69, 9.17) is 10.5 Å². The van der Waals surface area contributed by atoms with Crippen molar-refractivity contribution in [2.75, 3.05) is 6.54 Å². The first-order valence-electron chi connectivity index (χ1n) is 10.8. The molecule has 0 saturated carbocycles. The van der Waals surface area contributed by atoms with Crippen LogP contribution in [-0.2, 0) is 28.7 Å². The second kappa shape index (κ2) is 9.88. The van der Waals surface area contributed by atoms with Gasteiger partial charge in [0, 0.05) is 31.6 Å². The van der Waals surface area contributed by atoms with Crippen LogP contribution in [0.1, 0.15) is 60.8 Å². The van der Waals surface area contributed by atoms with E-state index in [1.54, 1.807) is 0 Å². The predicted molar refractivity (Wildman–Crippen MR) is 111 cm³/mol. The summed E-state index contributed by atoms with van der Waals surface area (Å²) >= 11 is 0. The summed E-state index contributed by atoms with van der Waals surface area (Å²) in [5.74, 6) is -6.54. The summed E-state index contributed by atoms with van der Waals surface area (Å²) in [5, 5.41) is 0. The first-order valence-corrected chi connectivity index (χ1v) is 10.8. The molecule has 0 spiro atoms. The third kappa shape index (κ3) is 5.60. The van der Waals surface area contributed by atoms with E-state index in [2.05, 4.69) is 4.98 Å². The number of carbonyl (C=O) groups is 2. The van der Waals surface area contributed by atoms with Crippen molar-refractivity contribution >= 4 is 11.9 Å². The van der Waals surface area contributed by atoms with E-state index in [0.29, 0.717) is 12.1 Å². The monoisotopic (exact) mass is 506 g/mol. The van der Waals surface area contributed by atoms with E-state index in [1.807, 2.05) is 0 Å². The molecule has 1 aromatic carbocycles. The number of alkyl halides is 3. The molecule has 192 valence electrons. The maximum Gasteiger partial charge on any atom is 0.449 e. The molecule has 13 heteroatoms. The van der Waals surface area contributed by atoms with Gasteiger partial charge >= 0.3 is 12.1 Å². The van der Waals surface area contributed by atoms with Crippen LogP contribution in [-0.4, -0.2) is 45.0 Å². The third-order valence-corrected chi connectivity index (χ3v) is 5.55. The lowest BCUT2D eigenvalue weighted by atomic mass is 10.0. The van der Waals surface area contributed by atoms with Crippen LogP contribution in [0.5, 0.6) is 0 Å². The molecular formula is C22H24F6N4O3. The second-order valence-electron chi connectivity index (χ2n) is 8.56. The van der Waals surface area contributed by atoms with Gasteiger partial charge in [0.25, 0.3) is 0 Å². The fourth-order valence-corrected chi connectivity index (χ4v) is 4.06. The first kappa shape index (κ1) is 26.5. The Morgan fingerprint density at radius 3 is 2.37 bits per heavy atom. The average Bonchev–Trinajstić information content (AvgIpc) is 3.13. The Morgan fingerprint density at radius 2 is 1.77 bits per heavy atom. The molecule has 7 nitrogen and oxygen atoms in total. The normalized spacial score (nSPS) is 16.9. The van der Waals surface area contributed by atoms with Gasteiger partial charge < -0.3 is 19.9 Å². The lowest BCUT2D eigenvalue weighted by Crippen LogP contribution is -2.44. The average molecular weight is 506 g/mol. The quantitative estimate of drug-likeness (QED) is 0.366. The molecule has 2 N–H and O–H groups in total. The number of carbonyl (C=O) groups excluding carboxylic acids is 2. The molecule has 0 aliphatic carbocycles. The first-order chi connectivity index (χ1) is 16.2. The van der Waals surface area contributed by atoms with E-state index < -0.39 is 65.2 Å². The zero-order valence-corrected chi connectivity index (χ0v) is 19.1. The standard InChI is InChI=1S/C22H24F6N4O3/c1-10(2)35-20(34)18-19-11(3)31(4-5-32(19)21(30-18)22(26,27)28)17(33)8-13(29)6-12-7-15(24)16(25)9-14(12)23/h7,9-11,13H,4-6,8,29H2,1-3H3/t11?,13-/m1/s1. The number of aromatic nitrogens is 2.